The summed E-state index contributed by atoms with van der Waals surface area (Å²) < 4.78 is 0.932. The van der Waals surface area contributed by atoms with Gasteiger partial charge in [0.05, 0.1) is 33.3 Å². The molecule has 0 aromatic rings. The third-order valence-electron chi connectivity index (χ3n) is 12.1. The molecular weight excluding hydrogens is 444 g/mol. The molecule has 5 unspecified atom stereocenters. The van der Waals surface area contributed by atoms with Crippen LogP contribution in [0.3, 0.4) is 0 Å². The number of carbonyl (C=O) groups is 1. The van der Waals surface area contributed by atoms with E-state index in [9.17, 15) is 9.90 Å². The zero-order valence-corrected chi connectivity index (χ0v) is 24.2. The number of aliphatic hydroxyl groups is 1. The van der Waals surface area contributed by atoms with Crippen molar-refractivity contribution >= 4 is 5.91 Å². The van der Waals surface area contributed by atoms with Crippen molar-refractivity contribution in [1.82, 2.24) is 5.32 Å². The molecule has 0 aromatic heterocycles. The molecule has 4 nitrogen and oxygen atoms in total. The van der Waals surface area contributed by atoms with Gasteiger partial charge in [-0.15, -0.1) is 0 Å². The Hall–Kier alpha value is -0.870. The van der Waals surface area contributed by atoms with E-state index in [-0.39, 0.29) is 12.0 Å². The van der Waals surface area contributed by atoms with Gasteiger partial charge in [0, 0.05) is 19.4 Å². The van der Waals surface area contributed by atoms with Crippen molar-refractivity contribution in [3.8, 4) is 0 Å². The van der Waals surface area contributed by atoms with Crippen molar-refractivity contribution in [3.05, 3.63) is 12.7 Å². The first-order chi connectivity index (χ1) is 17.0. The van der Waals surface area contributed by atoms with Gasteiger partial charge in [-0.05, 0) is 117 Å². The van der Waals surface area contributed by atoms with Gasteiger partial charge in [0.1, 0.15) is 0 Å². The number of quaternary nitrogens is 1. The van der Waals surface area contributed by atoms with Crippen molar-refractivity contribution in [1.29, 1.82) is 0 Å². The first kappa shape index (κ1) is 28.1. The fraction of sp³-hybridized carbons (Fsp3) is 0.906. The number of likely N-dealkylation sites (N-methyl/N-ethyl adjacent to an activating group) is 1. The smallest absolute Gasteiger partial charge is 0.220 e. The van der Waals surface area contributed by atoms with Crippen molar-refractivity contribution in [3.63, 3.8) is 0 Å². The minimum atomic E-state index is -0.0503. The molecule has 0 heterocycles. The van der Waals surface area contributed by atoms with E-state index >= 15 is 0 Å². The molecule has 9 atom stereocenters. The first-order valence-corrected chi connectivity index (χ1v) is 15.4. The van der Waals surface area contributed by atoms with Gasteiger partial charge in [0.25, 0.3) is 0 Å². The molecule has 0 aromatic carbocycles. The Bertz CT molecular complexity index is 780. The molecule has 0 radical (unpaired) electrons. The average Bonchev–Trinajstić information content (AvgIpc) is 3.18. The Morgan fingerprint density at radius 3 is 2.56 bits per heavy atom. The van der Waals surface area contributed by atoms with Crippen LogP contribution in [0.1, 0.15) is 97.8 Å². The highest BCUT2D eigenvalue weighted by atomic mass is 16.3. The van der Waals surface area contributed by atoms with Crippen LogP contribution in [0.15, 0.2) is 12.7 Å². The summed E-state index contributed by atoms with van der Waals surface area (Å²) >= 11 is 0. The van der Waals surface area contributed by atoms with Crippen LogP contribution in [-0.4, -0.2) is 55.3 Å². The molecule has 0 aliphatic heterocycles. The molecule has 4 fully saturated rings. The number of aliphatic hydroxyl groups excluding tert-OH is 1. The molecular formula is C32H57N2O2+. The molecule has 4 rings (SSSR count). The van der Waals surface area contributed by atoms with Crippen molar-refractivity contribution in [2.45, 2.75) is 104 Å². The third kappa shape index (κ3) is 5.60. The summed E-state index contributed by atoms with van der Waals surface area (Å²) in [6.07, 6.45) is 16.2. The lowest BCUT2D eigenvalue weighted by molar-refractivity contribution is -0.884. The fourth-order valence-corrected chi connectivity index (χ4v) is 10.0. The van der Waals surface area contributed by atoms with Gasteiger partial charge in [-0.1, -0.05) is 27.4 Å². The molecule has 206 valence electrons. The van der Waals surface area contributed by atoms with Crippen LogP contribution in [-0.2, 0) is 4.79 Å². The highest BCUT2D eigenvalue weighted by molar-refractivity contribution is 5.75. The van der Waals surface area contributed by atoms with E-state index in [2.05, 4.69) is 46.8 Å². The second-order valence-corrected chi connectivity index (χ2v) is 14.7. The Kier molecular flexibility index (Phi) is 8.67. The van der Waals surface area contributed by atoms with Gasteiger partial charge in [-0.2, -0.15) is 0 Å². The van der Waals surface area contributed by atoms with Crippen LogP contribution >= 0.6 is 0 Å². The van der Waals surface area contributed by atoms with E-state index in [1.54, 1.807) is 0 Å². The SMILES string of the molecule is C=CC[N+](C)(C)CCCNC(=O)CCC(C)[C@H]1CCC2C3CCC4C[C@H](O)CC[C@]4(C)C3CC[C@@]21C. The molecule has 0 spiro atoms. The summed E-state index contributed by atoms with van der Waals surface area (Å²) in [4.78, 5) is 12.6. The maximum atomic E-state index is 12.6. The van der Waals surface area contributed by atoms with Gasteiger partial charge in [0.2, 0.25) is 5.91 Å². The van der Waals surface area contributed by atoms with Gasteiger partial charge >= 0.3 is 0 Å². The zero-order chi connectivity index (χ0) is 26.1. The Morgan fingerprint density at radius 2 is 1.81 bits per heavy atom. The van der Waals surface area contributed by atoms with Gasteiger partial charge < -0.3 is 14.9 Å². The summed E-state index contributed by atoms with van der Waals surface area (Å²) in [6.45, 7) is 14.3. The summed E-state index contributed by atoms with van der Waals surface area (Å²) in [6, 6.07) is 0. The van der Waals surface area contributed by atoms with Crippen molar-refractivity contribution in [2.75, 3.05) is 33.7 Å². The lowest BCUT2D eigenvalue weighted by atomic mass is 9.44. The number of hydrogen-bond acceptors (Lipinski definition) is 2. The molecule has 4 aliphatic rings. The second-order valence-electron chi connectivity index (χ2n) is 14.7. The molecule has 1 amide bonds. The van der Waals surface area contributed by atoms with Gasteiger partial charge in [0.15, 0.2) is 0 Å². The van der Waals surface area contributed by atoms with E-state index in [0.717, 1.165) is 79.4 Å². The summed E-state index contributed by atoms with van der Waals surface area (Å²) in [5.74, 6) is 5.02. The first-order valence-electron chi connectivity index (χ1n) is 15.4. The molecule has 0 bridgehead atoms. The third-order valence-corrected chi connectivity index (χ3v) is 12.1. The van der Waals surface area contributed by atoms with E-state index in [0.29, 0.717) is 23.2 Å². The molecule has 4 saturated carbocycles. The lowest BCUT2D eigenvalue weighted by Crippen LogP contribution is -2.54. The summed E-state index contributed by atoms with van der Waals surface area (Å²) in [7, 11) is 4.44. The van der Waals surface area contributed by atoms with Crippen LogP contribution in [0.5, 0.6) is 0 Å². The fourth-order valence-electron chi connectivity index (χ4n) is 10.0. The van der Waals surface area contributed by atoms with Crippen LogP contribution < -0.4 is 5.32 Å². The quantitative estimate of drug-likeness (QED) is 0.213. The van der Waals surface area contributed by atoms with Crippen LogP contribution in [0.25, 0.3) is 0 Å². The van der Waals surface area contributed by atoms with Crippen molar-refractivity contribution in [2.24, 2.45) is 46.3 Å². The van der Waals surface area contributed by atoms with Gasteiger partial charge in [-0.3, -0.25) is 4.79 Å². The number of carbonyl (C=O) groups excluding carboxylic acids is 1. The number of nitrogens with zero attached hydrogens (tertiary/aromatic N) is 1. The Balaban J connectivity index is 1.27. The Morgan fingerprint density at radius 1 is 1.08 bits per heavy atom. The van der Waals surface area contributed by atoms with E-state index in [1.165, 1.54) is 44.9 Å². The number of rotatable bonds is 10. The minimum absolute atomic E-state index is 0.0503. The molecule has 2 N–H and O–H groups in total. The number of fused-ring (bicyclic) bond motifs is 5. The number of nitrogens with one attached hydrogen (secondary N) is 1. The number of amides is 1. The van der Waals surface area contributed by atoms with E-state index in [1.807, 2.05) is 6.08 Å². The monoisotopic (exact) mass is 501 g/mol. The predicted molar refractivity (Wildman–Crippen MR) is 149 cm³/mol. The standard InChI is InChI=1S/C32H56N2O2/c1-7-20-34(5,6)21-8-19-33-30(36)14-9-23(2)27-12-13-28-26-11-10-24-22-25(35)15-17-31(24,3)29(26)16-18-32(27,28)4/h7,23-29,35H,1,8-22H2,2-6H3/p+1/t23?,24?,25-,26?,27-,28?,29?,31+,32-/m1/s1. The predicted octanol–water partition coefficient (Wildman–Crippen LogP) is 6.19. The normalized spacial score (nSPS) is 41.1. The maximum Gasteiger partial charge on any atom is 0.220 e. The average molecular weight is 502 g/mol. The molecule has 4 heteroatoms. The largest absolute Gasteiger partial charge is 0.393 e. The topological polar surface area (TPSA) is 49.3 Å². The summed E-state index contributed by atoms with van der Waals surface area (Å²) in [5.41, 5.74) is 0.925. The minimum Gasteiger partial charge on any atom is -0.393 e. The number of hydrogen-bond donors (Lipinski definition) is 2. The Labute approximate surface area is 222 Å². The second kappa shape index (κ2) is 11.1. The highest BCUT2D eigenvalue weighted by Gasteiger charge is 2.60. The molecule has 0 saturated heterocycles. The lowest BCUT2D eigenvalue weighted by Gasteiger charge is -2.61. The summed E-state index contributed by atoms with van der Waals surface area (Å²) in [5, 5.41) is 13.5. The van der Waals surface area contributed by atoms with E-state index in [4.69, 9.17) is 0 Å². The van der Waals surface area contributed by atoms with Crippen LogP contribution in [0, 0.1) is 46.3 Å². The molecule has 36 heavy (non-hydrogen) atoms. The van der Waals surface area contributed by atoms with Crippen LogP contribution in [0.4, 0.5) is 0 Å². The molecule has 4 aliphatic carbocycles. The van der Waals surface area contributed by atoms with Crippen LogP contribution in [0.2, 0.25) is 0 Å². The van der Waals surface area contributed by atoms with Crippen molar-refractivity contribution < 1.29 is 14.4 Å². The maximum absolute atomic E-state index is 12.6. The highest BCUT2D eigenvalue weighted by Crippen LogP contribution is 2.68. The zero-order valence-electron chi connectivity index (χ0n) is 24.2. The van der Waals surface area contributed by atoms with E-state index < -0.39 is 0 Å². The van der Waals surface area contributed by atoms with Gasteiger partial charge in [-0.25, -0.2) is 0 Å².